The van der Waals surface area contributed by atoms with E-state index in [4.69, 9.17) is 10.5 Å². The summed E-state index contributed by atoms with van der Waals surface area (Å²) in [6, 6.07) is 5.05. The van der Waals surface area contributed by atoms with Crippen molar-refractivity contribution in [3.05, 3.63) is 29.8 Å². The number of aliphatic hydroxyl groups is 1. The van der Waals surface area contributed by atoms with Gasteiger partial charge in [0, 0.05) is 18.5 Å². The second-order valence-corrected chi connectivity index (χ2v) is 11.5. The van der Waals surface area contributed by atoms with Crippen LogP contribution in [0.5, 0.6) is 5.75 Å². The maximum absolute atomic E-state index is 13.3. The second kappa shape index (κ2) is 13.7. The molecule has 11 heteroatoms. The number of ether oxygens (including phenoxy) is 1. The molecule has 0 radical (unpaired) electrons. The van der Waals surface area contributed by atoms with Crippen molar-refractivity contribution >= 4 is 23.6 Å². The molecule has 216 valence electrons. The lowest BCUT2D eigenvalue weighted by Gasteiger charge is -2.39. The Hall–Kier alpha value is -3.18. The number of carbonyl (C=O) groups excluding carboxylic acids is 4. The molecule has 1 aromatic carbocycles. The van der Waals surface area contributed by atoms with Crippen LogP contribution >= 0.6 is 0 Å². The monoisotopic (exact) mass is 545 g/mol. The normalized spacial score (nSPS) is 24.4. The van der Waals surface area contributed by atoms with Gasteiger partial charge in [-0.15, -0.1) is 0 Å². The third kappa shape index (κ3) is 9.81. The van der Waals surface area contributed by atoms with Crippen LogP contribution in [-0.2, 0) is 25.6 Å². The fraction of sp³-hybridized carbons (Fsp3) is 0.643. The van der Waals surface area contributed by atoms with Crippen LogP contribution in [0.2, 0.25) is 0 Å². The third-order valence-electron chi connectivity index (χ3n) is 6.88. The van der Waals surface area contributed by atoms with Crippen LogP contribution in [0.4, 0.5) is 0 Å². The predicted octanol–water partition coefficient (Wildman–Crippen LogP) is 0.377. The Bertz CT molecular complexity index is 1010. The summed E-state index contributed by atoms with van der Waals surface area (Å²) in [6.45, 7) is 6.92. The van der Waals surface area contributed by atoms with Gasteiger partial charge in [-0.05, 0) is 70.7 Å². The largest absolute Gasteiger partial charge is 0.494 e. The Morgan fingerprint density at radius 1 is 1.15 bits per heavy atom. The van der Waals surface area contributed by atoms with Crippen LogP contribution in [0.25, 0.3) is 0 Å². The molecule has 3 aliphatic heterocycles. The summed E-state index contributed by atoms with van der Waals surface area (Å²) >= 11 is 0. The van der Waals surface area contributed by atoms with Gasteiger partial charge in [0.2, 0.25) is 23.6 Å². The SMILES string of the molecule is CC(C)(C)NC(=O)[C@@H]1CCCCN1C[C@@H](O)[C@@H]1Cc2ccc(cc2)OCCCC(=O)N[C@@H](CC(N)=O)C(=O)N1. The molecule has 4 rings (SSSR count). The van der Waals surface area contributed by atoms with Gasteiger partial charge in [0.15, 0.2) is 0 Å². The smallest absolute Gasteiger partial charge is 0.243 e. The van der Waals surface area contributed by atoms with E-state index in [9.17, 15) is 24.3 Å². The summed E-state index contributed by atoms with van der Waals surface area (Å²) in [5.41, 5.74) is 5.83. The zero-order valence-corrected chi connectivity index (χ0v) is 23.2. The Balaban J connectivity index is 1.83. The van der Waals surface area contributed by atoms with E-state index >= 15 is 0 Å². The second-order valence-electron chi connectivity index (χ2n) is 11.5. The van der Waals surface area contributed by atoms with Crippen LogP contribution in [0.15, 0.2) is 24.3 Å². The Labute approximate surface area is 230 Å². The molecule has 1 saturated heterocycles. The van der Waals surface area contributed by atoms with Crippen molar-refractivity contribution < 1.29 is 29.0 Å². The minimum absolute atomic E-state index is 0.0830. The van der Waals surface area contributed by atoms with Gasteiger partial charge < -0.3 is 31.5 Å². The highest BCUT2D eigenvalue weighted by molar-refractivity contribution is 5.91. The lowest BCUT2D eigenvalue weighted by Crippen LogP contribution is -2.59. The first-order valence-electron chi connectivity index (χ1n) is 13.7. The highest BCUT2D eigenvalue weighted by Crippen LogP contribution is 2.21. The van der Waals surface area contributed by atoms with Gasteiger partial charge in [-0.3, -0.25) is 24.1 Å². The minimum atomic E-state index is -1.17. The van der Waals surface area contributed by atoms with Crippen molar-refractivity contribution in [2.75, 3.05) is 19.7 Å². The van der Waals surface area contributed by atoms with E-state index in [1.165, 1.54) is 0 Å². The average Bonchev–Trinajstić information content (AvgIpc) is 2.85. The van der Waals surface area contributed by atoms with Crippen molar-refractivity contribution in [3.63, 3.8) is 0 Å². The van der Waals surface area contributed by atoms with Crippen molar-refractivity contribution in [1.29, 1.82) is 0 Å². The third-order valence-corrected chi connectivity index (χ3v) is 6.88. The van der Waals surface area contributed by atoms with Gasteiger partial charge >= 0.3 is 0 Å². The van der Waals surface area contributed by atoms with Crippen LogP contribution in [0.1, 0.15) is 64.9 Å². The van der Waals surface area contributed by atoms with Gasteiger partial charge in [0.25, 0.3) is 0 Å². The zero-order valence-electron chi connectivity index (χ0n) is 23.2. The lowest BCUT2D eigenvalue weighted by molar-refractivity contribution is -0.132. The van der Waals surface area contributed by atoms with Gasteiger partial charge in [-0.1, -0.05) is 18.6 Å². The van der Waals surface area contributed by atoms with Crippen molar-refractivity contribution in [2.24, 2.45) is 5.73 Å². The molecule has 0 spiro atoms. The highest BCUT2D eigenvalue weighted by atomic mass is 16.5. The maximum atomic E-state index is 13.3. The van der Waals surface area contributed by atoms with Gasteiger partial charge in [0.1, 0.15) is 11.8 Å². The first-order chi connectivity index (χ1) is 18.4. The molecule has 1 aromatic rings. The molecule has 3 heterocycles. The summed E-state index contributed by atoms with van der Waals surface area (Å²) in [5.74, 6) is -1.16. The number of primary amides is 1. The number of carbonyl (C=O) groups is 4. The first-order valence-corrected chi connectivity index (χ1v) is 13.7. The number of hydrogen-bond donors (Lipinski definition) is 5. The number of β-amino-alcohol motifs (C(OH)–C–C–N with tert-alkyl or cyclic N) is 1. The van der Waals surface area contributed by atoms with E-state index in [1.807, 2.05) is 49.9 Å². The molecule has 6 N–H and O–H groups in total. The van der Waals surface area contributed by atoms with E-state index in [0.29, 0.717) is 31.7 Å². The standard InChI is InChI=1S/C28H43N5O6/c1-28(2,3)32-27(38)22-7-4-5-13-33(22)17-23(34)20-15-18-9-11-19(12-10-18)39-14-6-8-25(36)30-21(16-24(29)35)26(37)31-20/h9-12,20-23,34H,4-8,13-17H2,1-3H3,(H2,29,35)(H,30,36)(H,31,37)(H,32,38)/t20-,21-,22-,23+/m0/s1. The molecule has 11 nitrogen and oxygen atoms in total. The van der Waals surface area contributed by atoms with Gasteiger partial charge in [-0.2, -0.15) is 0 Å². The van der Waals surface area contributed by atoms with E-state index in [0.717, 1.165) is 18.4 Å². The molecule has 2 bridgehead atoms. The van der Waals surface area contributed by atoms with Gasteiger partial charge in [0.05, 0.1) is 31.2 Å². The van der Waals surface area contributed by atoms with Crippen LogP contribution < -0.4 is 26.4 Å². The molecular weight excluding hydrogens is 502 g/mol. The van der Waals surface area contributed by atoms with Crippen molar-refractivity contribution in [2.45, 2.75) is 95.5 Å². The first kappa shape index (κ1) is 30.4. The van der Waals surface area contributed by atoms with Crippen LogP contribution in [0.3, 0.4) is 0 Å². The fourth-order valence-electron chi connectivity index (χ4n) is 4.97. The molecule has 4 amide bonds. The molecule has 0 aliphatic carbocycles. The quantitative estimate of drug-likeness (QED) is 0.345. The van der Waals surface area contributed by atoms with Gasteiger partial charge in [-0.25, -0.2) is 0 Å². The number of nitrogens with one attached hydrogen (secondary N) is 3. The van der Waals surface area contributed by atoms with Crippen molar-refractivity contribution in [1.82, 2.24) is 20.9 Å². The Morgan fingerprint density at radius 2 is 1.87 bits per heavy atom. The summed E-state index contributed by atoms with van der Waals surface area (Å²) in [6.07, 6.45) is 1.92. The van der Waals surface area contributed by atoms with Crippen molar-refractivity contribution in [3.8, 4) is 5.75 Å². The summed E-state index contributed by atoms with van der Waals surface area (Å²) in [4.78, 5) is 52.4. The number of benzene rings is 1. The molecule has 1 fully saturated rings. The maximum Gasteiger partial charge on any atom is 0.243 e. The number of fused-ring (bicyclic) bond motifs is 12. The number of aliphatic hydroxyl groups excluding tert-OH is 1. The summed E-state index contributed by atoms with van der Waals surface area (Å²) < 4.78 is 5.71. The molecule has 0 aromatic heterocycles. The topological polar surface area (TPSA) is 163 Å². The zero-order chi connectivity index (χ0) is 28.6. The number of likely N-dealkylation sites (tertiary alicyclic amines) is 1. The number of nitrogens with zero attached hydrogens (tertiary/aromatic N) is 1. The number of rotatable bonds is 6. The molecule has 3 aliphatic rings. The highest BCUT2D eigenvalue weighted by Gasteiger charge is 2.35. The lowest BCUT2D eigenvalue weighted by atomic mass is 9.96. The Morgan fingerprint density at radius 3 is 2.54 bits per heavy atom. The molecule has 4 atom stereocenters. The van der Waals surface area contributed by atoms with Crippen LogP contribution in [-0.4, -0.2) is 83.1 Å². The minimum Gasteiger partial charge on any atom is -0.494 e. The van der Waals surface area contributed by atoms with E-state index < -0.39 is 35.9 Å². The summed E-state index contributed by atoms with van der Waals surface area (Å²) in [7, 11) is 0. The molecule has 0 saturated carbocycles. The number of piperidine rings is 1. The molecule has 39 heavy (non-hydrogen) atoms. The summed E-state index contributed by atoms with van der Waals surface area (Å²) in [5, 5.41) is 19.9. The van der Waals surface area contributed by atoms with E-state index in [-0.39, 0.29) is 43.3 Å². The predicted molar refractivity (Wildman–Crippen MR) is 146 cm³/mol. The number of hydrogen-bond acceptors (Lipinski definition) is 7. The van der Waals surface area contributed by atoms with E-state index in [1.54, 1.807) is 0 Å². The number of nitrogens with two attached hydrogens (primary N) is 1. The number of amides is 4. The average molecular weight is 546 g/mol. The molecular formula is C28H43N5O6. The van der Waals surface area contributed by atoms with Crippen LogP contribution in [0, 0.1) is 0 Å². The Kier molecular flexibility index (Phi) is 10.7. The fourth-order valence-corrected chi connectivity index (χ4v) is 4.97. The molecule has 0 unspecified atom stereocenters. The van der Waals surface area contributed by atoms with E-state index in [2.05, 4.69) is 16.0 Å².